The van der Waals surface area contributed by atoms with Crippen LogP contribution in [0.5, 0.6) is 0 Å². The number of benzene rings is 1. The van der Waals surface area contributed by atoms with Crippen LogP contribution in [0, 0.1) is 12.3 Å². The number of hydrogen-bond donors (Lipinski definition) is 0. The number of aryl methyl sites for hydroxylation is 1. The highest BCUT2D eigenvalue weighted by atomic mass is 19.3. The third-order valence-electron chi connectivity index (χ3n) is 5.19. The van der Waals surface area contributed by atoms with Crippen LogP contribution < -0.4 is 0 Å². The van der Waals surface area contributed by atoms with Crippen molar-refractivity contribution < 1.29 is 18.4 Å². The van der Waals surface area contributed by atoms with Crippen molar-refractivity contribution in [1.29, 1.82) is 0 Å². The Morgan fingerprint density at radius 2 is 1.96 bits per heavy atom. The number of halogens is 2. The molecule has 0 N–H and O–H groups in total. The molecule has 24 heavy (non-hydrogen) atoms. The molecule has 0 radical (unpaired) electrons. The first-order valence-corrected chi connectivity index (χ1v) is 8.18. The molecule has 2 aliphatic rings. The van der Waals surface area contributed by atoms with Gasteiger partial charge in [0.1, 0.15) is 0 Å². The van der Waals surface area contributed by atoms with Gasteiger partial charge in [-0.3, -0.25) is 9.59 Å². The Hall–Kier alpha value is -1.98. The normalized spacial score (nSPS) is 26.2. The van der Waals surface area contributed by atoms with Gasteiger partial charge in [-0.05, 0) is 24.5 Å². The molecule has 2 aliphatic heterocycles. The summed E-state index contributed by atoms with van der Waals surface area (Å²) in [6.45, 7) is 1.85. The number of nitrogens with zero attached hydrogens (tertiary/aromatic N) is 2. The molecule has 0 saturated carbocycles. The second-order valence-corrected chi connectivity index (χ2v) is 7.14. The highest BCUT2D eigenvalue weighted by Crippen LogP contribution is 2.45. The summed E-state index contributed by atoms with van der Waals surface area (Å²) in [6, 6.07) is 7.43. The van der Waals surface area contributed by atoms with Crippen molar-refractivity contribution in [1.82, 2.24) is 9.80 Å². The number of rotatable bonds is 2. The summed E-state index contributed by atoms with van der Waals surface area (Å²) >= 11 is 0. The number of amides is 2. The molecule has 1 atom stereocenters. The summed E-state index contributed by atoms with van der Waals surface area (Å²) in [4.78, 5) is 27.7. The van der Waals surface area contributed by atoms with E-state index in [1.165, 1.54) is 9.80 Å². The van der Waals surface area contributed by atoms with E-state index in [9.17, 15) is 18.4 Å². The van der Waals surface area contributed by atoms with Crippen LogP contribution >= 0.6 is 0 Å². The van der Waals surface area contributed by atoms with Crippen molar-refractivity contribution in [3.05, 3.63) is 35.4 Å². The van der Waals surface area contributed by atoms with E-state index in [4.69, 9.17) is 0 Å². The van der Waals surface area contributed by atoms with Crippen LogP contribution in [-0.2, 0) is 16.0 Å². The molecule has 1 aromatic rings. The molecule has 1 spiro atoms. The number of piperidine rings is 1. The number of alkyl halides is 2. The molecule has 0 bridgehead atoms. The smallest absolute Gasteiger partial charge is 0.266 e. The summed E-state index contributed by atoms with van der Waals surface area (Å²) in [7, 11) is 1.63. The number of hydrogen-bond acceptors (Lipinski definition) is 2. The molecule has 0 aromatic heterocycles. The SMILES string of the molecule is Cc1ccccc1CC(=O)N1CC(F)(F)C[C@@]2(CCN(C)C2=O)C1. The molecule has 1 aromatic carbocycles. The molecule has 0 unspecified atom stereocenters. The topological polar surface area (TPSA) is 40.6 Å². The Labute approximate surface area is 140 Å². The maximum Gasteiger partial charge on any atom is 0.266 e. The van der Waals surface area contributed by atoms with Crippen molar-refractivity contribution in [3.8, 4) is 0 Å². The first-order valence-electron chi connectivity index (χ1n) is 8.18. The van der Waals surface area contributed by atoms with E-state index in [1.807, 2.05) is 31.2 Å². The van der Waals surface area contributed by atoms with Crippen LogP contribution in [0.1, 0.15) is 24.0 Å². The van der Waals surface area contributed by atoms with Gasteiger partial charge in [0.15, 0.2) is 0 Å². The quantitative estimate of drug-likeness (QED) is 0.831. The third-order valence-corrected chi connectivity index (χ3v) is 5.19. The second-order valence-electron chi connectivity index (χ2n) is 7.14. The minimum absolute atomic E-state index is 0.0862. The van der Waals surface area contributed by atoms with Gasteiger partial charge in [-0.25, -0.2) is 8.78 Å². The Morgan fingerprint density at radius 3 is 2.58 bits per heavy atom. The number of carbonyl (C=O) groups is 2. The summed E-state index contributed by atoms with van der Waals surface area (Å²) in [6.07, 6.45) is 0.00620. The Balaban J connectivity index is 1.81. The average molecular weight is 336 g/mol. The zero-order valence-electron chi connectivity index (χ0n) is 14.0. The predicted molar refractivity (Wildman–Crippen MR) is 85.7 cm³/mol. The molecule has 3 rings (SSSR count). The predicted octanol–water partition coefficient (Wildman–Crippen LogP) is 2.25. The van der Waals surface area contributed by atoms with Gasteiger partial charge in [-0.15, -0.1) is 0 Å². The Bertz CT molecular complexity index is 677. The summed E-state index contributed by atoms with van der Waals surface area (Å²) < 4.78 is 28.5. The lowest BCUT2D eigenvalue weighted by Crippen LogP contribution is -2.57. The first-order chi connectivity index (χ1) is 11.2. The van der Waals surface area contributed by atoms with Gasteiger partial charge in [-0.1, -0.05) is 24.3 Å². The molecule has 0 aliphatic carbocycles. The van der Waals surface area contributed by atoms with Crippen LogP contribution in [0.15, 0.2) is 24.3 Å². The Kier molecular flexibility index (Phi) is 4.10. The first kappa shape index (κ1) is 16.9. The van der Waals surface area contributed by atoms with Gasteiger partial charge in [0.05, 0.1) is 18.4 Å². The summed E-state index contributed by atoms with van der Waals surface area (Å²) in [5.41, 5.74) is 0.666. The molecule has 6 heteroatoms. The molecular weight excluding hydrogens is 314 g/mol. The summed E-state index contributed by atoms with van der Waals surface area (Å²) in [5, 5.41) is 0. The summed E-state index contributed by atoms with van der Waals surface area (Å²) in [5.74, 6) is -3.64. The lowest BCUT2D eigenvalue weighted by molar-refractivity contribution is -0.162. The zero-order chi connectivity index (χ0) is 17.5. The maximum absolute atomic E-state index is 14.3. The fourth-order valence-corrected chi connectivity index (χ4v) is 3.87. The van der Waals surface area contributed by atoms with E-state index in [-0.39, 0.29) is 24.8 Å². The fourth-order valence-electron chi connectivity index (χ4n) is 3.87. The highest BCUT2D eigenvalue weighted by molar-refractivity contribution is 5.87. The van der Waals surface area contributed by atoms with E-state index in [2.05, 4.69) is 0 Å². The van der Waals surface area contributed by atoms with Gasteiger partial charge in [0.2, 0.25) is 11.8 Å². The lowest BCUT2D eigenvalue weighted by atomic mass is 9.76. The molecule has 2 saturated heterocycles. The minimum atomic E-state index is -3.03. The minimum Gasteiger partial charge on any atom is -0.345 e. The van der Waals surface area contributed by atoms with Crippen molar-refractivity contribution >= 4 is 11.8 Å². The molecule has 2 heterocycles. The standard InChI is InChI=1S/C18H22F2N2O2/c1-13-5-3-4-6-14(13)9-15(23)22-11-17(10-18(19,20)12-22)7-8-21(2)16(17)24/h3-6H,7-12H2,1-2H3/t17-/m0/s1. The molecule has 2 fully saturated rings. The lowest BCUT2D eigenvalue weighted by Gasteiger charge is -2.42. The molecule has 2 amide bonds. The van der Waals surface area contributed by atoms with Gasteiger partial charge >= 0.3 is 0 Å². The van der Waals surface area contributed by atoms with Crippen LogP contribution in [-0.4, -0.2) is 54.2 Å². The second kappa shape index (κ2) is 5.83. The van der Waals surface area contributed by atoms with Gasteiger partial charge < -0.3 is 9.80 Å². The third kappa shape index (κ3) is 3.01. The Morgan fingerprint density at radius 1 is 1.25 bits per heavy atom. The highest BCUT2D eigenvalue weighted by Gasteiger charge is 2.56. The van der Waals surface area contributed by atoms with Gasteiger partial charge in [-0.2, -0.15) is 0 Å². The van der Waals surface area contributed by atoms with Crippen LogP contribution in [0.25, 0.3) is 0 Å². The van der Waals surface area contributed by atoms with Crippen LogP contribution in [0.2, 0.25) is 0 Å². The van der Waals surface area contributed by atoms with Crippen molar-refractivity contribution in [2.75, 3.05) is 26.7 Å². The van der Waals surface area contributed by atoms with E-state index >= 15 is 0 Å². The van der Waals surface area contributed by atoms with Crippen LogP contribution in [0.3, 0.4) is 0 Å². The molecular formula is C18H22F2N2O2. The monoisotopic (exact) mass is 336 g/mol. The van der Waals surface area contributed by atoms with Crippen molar-refractivity contribution in [2.24, 2.45) is 5.41 Å². The zero-order valence-corrected chi connectivity index (χ0v) is 14.0. The van der Waals surface area contributed by atoms with E-state index in [0.717, 1.165) is 11.1 Å². The van der Waals surface area contributed by atoms with Crippen molar-refractivity contribution in [2.45, 2.75) is 32.1 Å². The number of likely N-dealkylation sites (tertiary alicyclic amines) is 2. The van der Waals surface area contributed by atoms with Crippen molar-refractivity contribution in [3.63, 3.8) is 0 Å². The van der Waals surface area contributed by atoms with Gasteiger partial charge in [0.25, 0.3) is 5.92 Å². The van der Waals surface area contributed by atoms with E-state index in [0.29, 0.717) is 13.0 Å². The fraction of sp³-hybridized carbons (Fsp3) is 0.556. The van der Waals surface area contributed by atoms with E-state index in [1.54, 1.807) is 7.05 Å². The van der Waals surface area contributed by atoms with E-state index < -0.39 is 24.3 Å². The van der Waals surface area contributed by atoms with Gasteiger partial charge in [0, 0.05) is 26.6 Å². The maximum atomic E-state index is 14.3. The molecule has 130 valence electrons. The number of carbonyl (C=O) groups excluding carboxylic acids is 2. The average Bonchev–Trinajstić information content (AvgIpc) is 2.76. The van der Waals surface area contributed by atoms with Crippen LogP contribution in [0.4, 0.5) is 8.78 Å². The largest absolute Gasteiger partial charge is 0.345 e. The molecule has 4 nitrogen and oxygen atoms in total.